The van der Waals surface area contributed by atoms with Crippen molar-refractivity contribution in [1.29, 1.82) is 0 Å². The number of phenols is 2. The van der Waals surface area contributed by atoms with Crippen molar-refractivity contribution < 1.29 is 18.6 Å². The molecule has 2 aromatic rings. The topological polar surface area (TPSA) is 74.6 Å². The number of benzene rings is 2. The smallest absolute Gasteiger partial charge is 0.261 e. The monoisotopic (exact) mass is 284 g/mol. The van der Waals surface area contributed by atoms with Gasteiger partial charge in [0.2, 0.25) is 0 Å². The Kier molecular flexibility index (Phi) is 3.19. The van der Waals surface area contributed by atoms with Crippen molar-refractivity contribution in [2.45, 2.75) is 4.90 Å². The van der Waals surface area contributed by atoms with E-state index in [2.05, 4.69) is 0 Å². The van der Waals surface area contributed by atoms with Gasteiger partial charge in [0.25, 0.3) is 9.05 Å². The number of para-hydroxylation sites is 1. The molecule has 0 radical (unpaired) electrons. The van der Waals surface area contributed by atoms with Crippen LogP contribution in [-0.2, 0) is 9.05 Å². The second-order valence-electron chi connectivity index (χ2n) is 3.63. The summed E-state index contributed by atoms with van der Waals surface area (Å²) in [5.41, 5.74) is 0.741. The Morgan fingerprint density at radius 3 is 2.06 bits per heavy atom. The van der Waals surface area contributed by atoms with E-state index in [4.69, 9.17) is 10.7 Å². The molecule has 18 heavy (non-hydrogen) atoms. The van der Waals surface area contributed by atoms with E-state index in [9.17, 15) is 18.6 Å². The third kappa shape index (κ3) is 2.42. The lowest BCUT2D eigenvalue weighted by Crippen LogP contribution is -1.90. The fourth-order valence-corrected chi connectivity index (χ4v) is 2.36. The predicted molar refractivity (Wildman–Crippen MR) is 68.2 cm³/mol. The first-order valence-corrected chi connectivity index (χ1v) is 7.26. The summed E-state index contributed by atoms with van der Waals surface area (Å²) in [6.45, 7) is 0. The molecule has 2 aromatic carbocycles. The first-order valence-electron chi connectivity index (χ1n) is 4.95. The molecule has 0 aliphatic carbocycles. The standard InChI is InChI=1S/C12H9ClO4S/c13-18(16,17)8-5-6-10(12(15)7-8)9-3-1-2-4-11(9)14/h1-7,14-15H. The summed E-state index contributed by atoms with van der Waals surface area (Å²) in [6, 6.07) is 10.1. The SMILES string of the molecule is O=S(=O)(Cl)c1ccc(-c2ccccc2O)c(O)c1. The molecule has 6 heteroatoms. The number of aromatic hydroxyl groups is 2. The van der Waals surface area contributed by atoms with Crippen LogP contribution in [0.3, 0.4) is 0 Å². The van der Waals surface area contributed by atoms with Crippen molar-refractivity contribution in [3.63, 3.8) is 0 Å². The van der Waals surface area contributed by atoms with Gasteiger partial charge in [0.15, 0.2) is 0 Å². The zero-order valence-electron chi connectivity index (χ0n) is 9.04. The third-order valence-electron chi connectivity index (χ3n) is 2.44. The molecule has 0 bridgehead atoms. The minimum absolute atomic E-state index is 0.00530. The molecular formula is C12H9ClO4S. The molecule has 0 heterocycles. The van der Waals surface area contributed by atoms with Crippen LogP contribution in [-0.4, -0.2) is 18.6 Å². The van der Waals surface area contributed by atoms with Crippen molar-refractivity contribution in [3.05, 3.63) is 42.5 Å². The largest absolute Gasteiger partial charge is 0.507 e. The average molecular weight is 285 g/mol. The Balaban J connectivity index is 2.59. The van der Waals surface area contributed by atoms with E-state index >= 15 is 0 Å². The van der Waals surface area contributed by atoms with Crippen molar-refractivity contribution >= 4 is 19.7 Å². The first-order chi connectivity index (χ1) is 8.39. The maximum absolute atomic E-state index is 11.1. The summed E-state index contributed by atoms with van der Waals surface area (Å²) in [5, 5.41) is 19.5. The highest BCUT2D eigenvalue weighted by molar-refractivity contribution is 8.13. The second-order valence-corrected chi connectivity index (χ2v) is 6.20. The second kappa shape index (κ2) is 4.51. The maximum Gasteiger partial charge on any atom is 0.261 e. The average Bonchev–Trinajstić information content (AvgIpc) is 2.29. The Morgan fingerprint density at radius 1 is 0.889 bits per heavy atom. The fraction of sp³-hybridized carbons (Fsp3) is 0. The lowest BCUT2D eigenvalue weighted by atomic mass is 10.0. The quantitative estimate of drug-likeness (QED) is 0.832. The lowest BCUT2D eigenvalue weighted by Gasteiger charge is -2.07. The molecule has 0 saturated carbocycles. The van der Waals surface area contributed by atoms with Gasteiger partial charge in [-0.2, -0.15) is 0 Å². The van der Waals surface area contributed by atoms with E-state index in [1.807, 2.05) is 0 Å². The minimum atomic E-state index is -3.88. The summed E-state index contributed by atoms with van der Waals surface area (Å²) in [5.74, 6) is -0.271. The Hall–Kier alpha value is -1.72. The predicted octanol–water partition coefficient (Wildman–Crippen LogP) is 2.69. The molecule has 94 valence electrons. The van der Waals surface area contributed by atoms with Gasteiger partial charge < -0.3 is 10.2 Å². The highest BCUT2D eigenvalue weighted by Gasteiger charge is 2.14. The van der Waals surface area contributed by atoms with Crippen LogP contribution in [0.15, 0.2) is 47.4 Å². The highest BCUT2D eigenvalue weighted by Crippen LogP contribution is 2.36. The summed E-state index contributed by atoms with van der Waals surface area (Å²) in [6.07, 6.45) is 0. The number of phenolic OH excluding ortho intramolecular Hbond substituents is 2. The van der Waals surface area contributed by atoms with Gasteiger partial charge in [0.05, 0.1) is 4.90 Å². The van der Waals surface area contributed by atoms with E-state index in [0.717, 1.165) is 6.07 Å². The fourth-order valence-electron chi connectivity index (χ4n) is 1.59. The van der Waals surface area contributed by atoms with Gasteiger partial charge in [-0.05, 0) is 18.2 Å². The van der Waals surface area contributed by atoms with Crippen LogP contribution in [0.2, 0.25) is 0 Å². The molecule has 2 rings (SSSR count). The van der Waals surface area contributed by atoms with Crippen LogP contribution in [0.5, 0.6) is 11.5 Å². The van der Waals surface area contributed by atoms with Crippen molar-refractivity contribution in [2.24, 2.45) is 0 Å². The summed E-state index contributed by atoms with van der Waals surface area (Å²) in [7, 11) is 1.29. The van der Waals surface area contributed by atoms with Gasteiger partial charge >= 0.3 is 0 Å². The summed E-state index contributed by atoms with van der Waals surface area (Å²) in [4.78, 5) is -0.194. The lowest BCUT2D eigenvalue weighted by molar-refractivity contribution is 0.468. The first kappa shape index (κ1) is 12.7. The van der Waals surface area contributed by atoms with Crippen LogP contribution >= 0.6 is 10.7 Å². The van der Waals surface area contributed by atoms with Crippen LogP contribution in [0, 0.1) is 0 Å². The molecule has 0 spiro atoms. The van der Waals surface area contributed by atoms with Crippen molar-refractivity contribution in [3.8, 4) is 22.6 Å². The van der Waals surface area contributed by atoms with Gasteiger partial charge in [-0.25, -0.2) is 8.42 Å². The number of rotatable bonds is 2. The molecule has 4 nitrogen and oxygen atoms in total. The zero-order valence-corrected chi connectivity index (χ0v) is 10.6. The van der Waals surface area contributed by atoms with Crippen LogP contribution in [0.25, 0.3) is 11.1 Å². The Labute approximate surface area is 109 Å². The van der Waals surface area contributed by atoms with Gasteiger partial charge in [-0.15, -0.1) is 0 Å². The van der Waals surface area contributed by atoms with Gasteiger partial charge in [0.1, 0.15) is 11.5 Å². The summed E-state index contributed by atoms with van der Waals surface area (Å²) < 4.78 is 22.2. The number of hydrogen-bond donors (Lipinski definition) is 2. The minimum Gasteiger partial charge on any atom is -0.507 e. The molecule has 2 N–H and O–H groups in total. The van der Waals surface area contributed by atoms with Crippen LogP contribution < -0.4 is 0 Å². The van der Waals surface area contributed by atoms with Crippen LogP contribution in [0.4, 0.5) is 0 Å². The van der Waals surface area contributed by atoms with E-state index in [1.165, 1.54) is 18.2 Å². The molecule has 0 aliphatic rings. The van der Waals surface area contributed by atoms with Gasteiger partial charge in [0, 0.05) is 27.9 Å². The number of halogens is 1. The molecule has 0 amide bonds. The molecule has 0 unspecified atom stereocenters. The van der Waals surface area contributed by atoms with E-state index in [0.29, 0.717) is 11.1 Å². The molecule has 0 aliphatic heterocycles. The molecule has 0 atom stereocenters. The van der Waals surface area contributed by atoms with Gasteiger partial charge in [-0.3, -0.25) is 0 Å². The number of hydrogen-bond acceptors (Lipinski definition) is 4. The van der Waals surface area contributed by atoms with Crippen molar-refractivity contribution in [2.75, 3.05) is 0 Å². The highest BCUT2D eigenvalue weighted by atomic mass is 35.7. The third-order valence-corrected chi connectivity index (χ3v) is 3.80. The Morgan fingerprint density at radius 2 is 1.50 bits per heavy atom. The van der Waals surface area contributed by atoms with Crippen LogP contribution in [0.1, 0.15) is 0 Å². The zero-order chi connectivity index (χ0) is 13.3. The molecular weight excluding hydrogens is 276 g/mol. The van der Waals surface area contributed by atoms with Gasteiger partial charge in [-0.1, -0.05) is 18.2 Å². The molecule has 0 fully saturated rings. The van der Waals surface area contributed by atoms with E-state index < -0.39 is 9.05 Å². The van der Waals surface area contributed by atoms with E-state index in [1.54, 1.807) is 18.2 Å². The Bertz CT molecular complexity index is 695. The molecule has 0 aromatic heterocycles. The van der Waals surface area contributed by atoms with Crippen molar-refractivity contribution in [1.82, 2.24) is 0 Å². The maximum atomic E-state index is 11.1. The molecule has 0 saturated heterocycles. The normalized spacial score (nSPS) is 11.4. The van der Waals surface area contributed by atoms with E-state index in [-0.39, 0.29) is 16.4 Å². The summed E-state index contributed by atoms with van der Waals surface area (Å²) >= 11 is 0.